The number of unbranched alkanes of at least 4 members (excludes halogenated alkanes) is 1. The van der Waals surface area contributed by atoms with Crippen molar-refractivity contribution in [3.63, 3.8) is 0 Å². The molecule has 0 spiro atoms. The third-order valence-electron chi connectivity index (χ3n) is 6.15. The van der Waals surface area contributed by atoms with Crippen LogP contribution in [0.25, 0.3) is 0 Å². The molecule has 1 heterocycles. The van der Waals surface area contributed by atoms with Gasteiger partial charge < -0.3 is 0 Å². The fourth-order valence-corrected chi connectivity index (χ4v) is 5.94. The molecule has 1 aromatic heterocycles. The number of aliphatic hydroxyl groups excluding tert-OH is 2. The predicted molar refractivity (Wildman–Crippen MR) is 134 cm³/mol. The number of allylic oxidation sites excluding steroid dienone is 3. The number of carboxylic acid groups (broad SMARTS) is 1. The molecule has 0 aromatic carbocycles. The van der Waals surface area contributed by atoms with Crippen molar-refractivity contribution in [3.05, 3.63) is 44.6 Å². The molecule has 0 aliphatic heterocycles. The van der Waals surface area contributed by atoms with Crippen molar-refractivity contribution < 1.29 is 20.1 Å². The number of carbonyl (C=O) groups is 1. The van der Waals surface area contributed by atoms with Crippen LogP contribution < -0.4 is 0 Å². The number of hydrogen-bond acceptors (Lipinski definition) is 4. The topological polar surface area (TPSA) is 77.8 Å². The summed E-state index contributed by atoms with van der Waals surface area (Å²) < 4.78 is 1.12. The van der Waals surface area contributed by atoms with Crippen molar-refractivity contribution in [1.82, 2.24) is 0 Å². The number of aliphatic carboxylic acids is 1. The van der Waals surface area contributed by atoms with Gasteiger partial charge in [-0.05, 0) is 0 Å². The van der Waals surface area contributed by atoms with Gasteiger partial charge in [0, 0.05) is 0 Å². The van der Waals surface area contributed by atoms with Crippen molar-refractivity contribution >= 4 is 46.7 Å². The molecular weight excluding hydrogens is 475 g/mol. The van der Waals surface area contributed by atoms with E-state index in [4.69, 9.17) is 5.11 Å². The zero-order chi connectivity index (χ0) is 23.0. The monoisotopic (exact) mass is 508 g/mol. The first-order chi connectivity index (χ1) is 14.7. The number of carboxylic acids is 1. The number of aryl methyl sites for hydroxylation is 1. The normalized spacial score (nSPS) is 25.9. The summed E-state index contributed by atoms with van der Waals surface area (Å²) in [6.45, 7) is 4.22. The van der Waals surface area contributed by atoms with Crippen molar-refractivity contribution in [2.45, 2.75) is 70.5 Å². The van der Waals surface area contributed by atoms with Crippen molar-refractivity contribution in [1.29, 1.82) is 0 Å². The second kappa shape index (κ2) is 12.9. The van der Waals surface area contributed by atoms with Gasteiger partial charge in [0.2, 0.25) is 0 Å². The first-order valence-corrected chi connectivity index (χ1v) is 12.6. The van der Waals surface area contributed by atoms with E-state index in [1.807, 2.05) is 18.1 Å². The fourth-order valence-electron chi connectivity index (χ4n) is 4.32. The third-order valence-corrected chi connectivity index (χ3v) is 8.52. The van der Waals surface area contributed by atoms with E-state index in [9.17, 15) is 15.0 Å². The standard InChI is InChI=1S/C24H34BBrO4S/c1-15(23-13-21(26)16(2)31-23)11-18(27)9-10-19-17(14-25)12-22(28)20(19)7-5-3-4-6-8-24(29)30/h3,5,9-10,13-15,17-20,22,25,27-28H,4,6-8,11-12H2,1-2H3,(H,29,30)/b5-3-,10-9+/t15?,17-,18+,19-,20+,22?/m0/s1. The second-order valence-electron chi connectivity index (χ2n) is 8.58. The molecule has 1 aliphatic rings. The molecule has 2 rings (SSSR count). The summed E-state index contributed by atoms with van der Waals surface area (Å²) in [6.07, 6.45) is 10.7. The summed E-state index contributed by atoms with van der Waals surface area (Å²) in [5, 5.41) is 29.9. The van der Waals surface area contributed by atoms with Gasteiger partial charge >= 0.3 is 200 Å². The molecule has 1 fully saturated rings. The van der Waals surface area contributed by atoms with Crippen LogP contribution >= 0.6 is 27.3 Å². The molecule has 1 aromatic rings. The fraction of sp³-hybridized carbons (Fsp3) is 0.583. The van der Waals surface area contributed by atoms with Crippen LogP contribution in [0.15, 0.2) is 34.8 Å². The number of aliphatic hydroxyl groups is 2. The molecule has 0 saturated heterocycles. The van der Waals surface area contributed by atoms with Crippen LogP contribution in [-0.4, -0.2) is 47.0 Å². The van der Waals surface area contributed by atoms with Crippen molar-refractivity contribution in [2.24, 2.45) is 17.8 Å². The number of halogens is 1. The second-order valence-corrected chi connectivity index (χ2v) is 10.7. The molecule has 31 heavy (non-hydrogen) atoms. The Labute approximate surface area is 199 Å². The van der Waals surface area contributed by atoms with Gasteiger partial charge in [0.25, 0.3) is 0 Å². The Balaban J connectivity index is 1.94. The Morgan fingerprint density at radius 1 is 1.42 bits per heavy atom. The summed E-state index contributed by atoms with van der Waals surface area (Å²) in [5.74, 6) is 1.82. The van der Waals surface area contributed by atoms with Gasteiger partial charge in [0.15, 0.2) is 0 Å². The molecule has 1 saturated carbocycles. The average molecular weight is 509 g/mol. The molecule has 1 aliphatic carbocycles. The van der Waals surface area contributed by atoms with Crippen LogP contribution in [-0.2, 0) is 4.79 Å². The van der Waals surface area contributed by atoms with Crippen LogP contribution in [0.1, 0.15) is 61.1 Å². The maximum absolute atomic E-state index is 10.6. The predicted octanol–water partition coefficient (Wildman–Crippen LogP) is 4.75. The van der Waals surface area contributed by atoms with Gasteiger partial charge in [-0.1, -0.05) is 0 Å². The molecule has 6 atom stereocenters. The zero-order valence-corrected chi connectivity index (χ0v) is 20.8. The summed E-state index contributed by atoms with van der Waals surface area (Å²) in [7, 11) is 3.94. The van der Waals surface area contributed by atoms with E-state index in [-0.39, 0.29) is 30.1 Å². The van der Waals surface area contributed by atoms with Crippen LogP contribution in [0.3, 0.4) is 0 Å². The molecule has 4 nitrogen and oxygen atoms in total. The van der Waals surface area contributed by atoms with E-state index in [0.717, 1.165) is 17.3 Å². The van der Waals surface area contributed by atoms with Crippen molar-refractivity contribution in [3.8, 4) is 0 Å². The molecule has 170 valence electrons. The van der Waals surface area contributed by atoms with Crippen molar-refractivity contribution in [2.75, 3.05) is 0 Å². The molecular formula is C24H34BBrO4S. The molecule has 3 N–H and O–H groups in total. The Kier molecular flexibility index (Phi) is 10.9. The molecule has 0 amide bonds. The first-order valence-electron chi connectivity index (χ1n) is 11.0. The molecule has 2 unspecified atom stereocenters. The zero-order valence-electron chi connectivity index (χ0n) is 18.4. The summed E-state index contributed by atoms with van der Waals surface area (Å²) in [5.41, 5.74) is 0. The summed E-state index contributed by atoms with van der Waals surface area (Å²) >= 11 is 5.32. The van der Waals surface area contributed by atoms with Gasteiger partial charge in [-0.15, -0.1) is 0 Å². The minimum atomic E-state index is -0.770. The van der Waals surface area contributed by atoms with Gasteiger partial charge in [-0.25, -0.2) is 0 Å². The quantitative estimate of drug-likeness (QED) is 0.216. The minimum absolute atomic E-state index is 0.0792. The molecule has 7 heteroatoms. The Morgan fingerprint density at radius 2 is 2.16 bits per heavy atom. The summed E-state index contributed by atoms with van der Waals surface area (Å²) in [4.78, 5) is 13.1. The van der Waals surface area contributed by atoms with Crippen LogP contribution in [0, 0.1) is 24.7 Å². The Bertz CT molecular complexity index is 771. The van der Waals surface area contributed by atoms with Crippen LogP contribution in [0.4, 0.5) is 0 Å². The van der Waals surface area contributed by atoms with Crippen LogP contribution in [0.2, 0.25) is 0 Å². The van der Waals surface area contributed by atoms with E-state index in [1.54, 1.807) is 11.3 Å². The SMILES string of the molecule is B=C[C@@H]1CC(O)[C@H](C/C=C\CCCC(=O)O)[C@H]1/C=C/[C@@H](O)CC(C)c1cc(Br)c(C)s1. The van der Waals surface area contributed by atoms with E-state index in [1.165, 1.54) is 9.75 Å². The molecule has 0 bridgehead atoms. The number of hydrogen-bond donors (Lipinski definition) is 3. The Morgan fingerprint density at radius 3 is 2.77 bits per heavy atom. The number of rotatable bonds is 12. The van der Waals surface area contributed by atoms with Gasteiger partial charge in [0.05, 0.1) is 0 Å². The van der Waals surface area contributed by atoms with E-state index in [2.05, 4.69) is 55.5 Å². The van der Waals surface area contributed by atoms with E-state index in [0.29, 0.717) is 19.3 Å². The van der Waals surface area contributed by atoms with Gasteiger partial charge in [-0.2, -0.15) is 0 Å². The Hall–Kier alpha value is -1.02. The first kappa shape index (κ1) is 26.2. The van der Waals surface area contributed by atoms with Crippen LogP contribution in [0.5, 0.6) is 0 Å². The average Bonchev–Trinajstić information content (AvgIpc) is 3.21. The third kappa shape index (κ3) is 8.12. The molecule has 0 radical (unpaired) electrons. The van der Waals surface area contributed by atoms with Gasteiger partial charge in [0.1, 0.15) is 0 Å². The number of thiophene rings is 1. The van der Waals surface area contributed by atoms with Gasteiger partial charge in [-0.3, -0.25) is 0 Å². The van der Waals surface area contributed by atoms with E-state index < -0.39 is 18.2 Å². The maximum atomic E-state index is 10.6. The van der Waals surface area contributed by atoms with E-state index >= 15 is 0 Å². The summed E-state index contributed by atoms with van der Waals surface area (Å²) in [6, 6.07) is 2.14.